The minimum Gasteiger partial charge on any atom is -0.484 e. The smallest absolute Gasteiger partial charge is 0.258 e. The Bertz CT molecular complexity index is 530. The topological polar surface area (TPSA) is 67.4 Å². The number of anilines is 1. The van der Waals surface area contributed by atoms with Crippen molar-refractivity contribution in [2.24, 2.45) is 5.92 Å². The van der Waals surface area contributed by atoms with Gasteiger partial charge in [-0.25, -0.2) is 0 Å². The normalized spacial score (nSPS) is 21.0. The maximum Gasteiger partial charge on any atom is 0.258 e. The van der Waals surface area contributed by atoms with Crippen LogP contribution in [0.1, 0.15) is 39.5 Å². The van der Waals surface area contributed by atoms with Crippen LogP contribution in [0.4, 0.5) is 5.69 Å². The van der Waals surface area contributed by atoms with Crippen LogP contribution in [0.5, 0.6) is 5.75 Å². The molecule has 0 aromatic heterocycles. The van der Waals surface area contributed by atoms with Crippen LogP contribution in [0, 0.1) is 5.92 Å². The zero-order valence-corrected chi connectivity index (χ0v) is 13.2. The maximum atomic E-state index is 12.0. The van der Waals surface area contributed by atoms with E-state index in [1.165, 1.54) is 26.2 Å². The first-order chi connectivity index (χ1) is 10.5. The van der Waals surface area contributed by atoms with Crippen molar-refractivity contribution in [3.05, 3.63) is 24.3 Å². The van der Waals surface area contributed by atoms with E-state index in [1.807, 2.05) is 0 Å². The number of carbonyl (C=O) groups is 2. The summed E-state index contributed by atoms with van der Waals surface area (Å²) in [6.07, 6.45) is 4.64. The van der Waals surface area contributed by atoms with Crippen LogP contribution >= 0.6 is 0 Å². The molecule has 0 radical (unpaired) electrons. The third-order valence-corrected chi connectivity index (χ3v) is 3.98. The van der Waals surface area contributed by atoms with E-state index < -0.39 is 0 Å². The summed E-state index contributed by atoms with van der Waals surface area (Å²) in [5.74, 6) is 0.865. The summed E-state index contributed by atoms with van der Waals surface area (Å²) in [7, 11) is 0. The van der Waals surface area contributed by atoms with Gasteiger partial charge in [-0.1, -0.05) is 25.8 Å². The molecule has 1 fully saturated rings. The van der Waals surface area contributed by atoms with E-state index in [0.29, 0.717) is 17.4 Å². The lowest BCUT2D eigenvalue weighted by atomic mass is 9.86. The maximum absolute atomic E-state index is 12.0. The summed E-state index contributed by atoms with van der Waals surface area (Å²) < 4.78 is 5.50. The van der Waals surface area contributed by atoms with E-state index in [0.717, 1.165) is 6.42 Å². The quantitative estimate of drug-likeness (QED) is 0.879. The average molecular weight is 304 g/mol. The van der Waals surface area contributed by atoms with Crippen LogP contribution in [-0.2, 0) is 9.59 Å². The van der Waals surface area contributed by atoms with Crippen molar-refractivity contribution in [1.82, 2.24) is 5.32 Å². The number of hydrogen-bond donors (Lipinski definition) is 2. The van der Waals surface area contributed by atoms with Crippen molar-refractivity contribution in [1.29, 1.82) is 0 Å². The predicted molar refractivity (Wildman–Crippen MR) is 85.8 cm³/mol. The molecule has 0 heterocycles. The van der Waals surface area contributed by atoms with Gasteiger partial charge in [0.1, 0.15) is 5.75 Å². The standard InChI is InChI=1S/C17H24N2O3/c1-12-6-3-4-9-16(12)19-17(21)11-22-15-8-5-7-14(10-15)18-13(2)20/h5,7-8,10,12,16H,3-4,6,9,11H2,1-2H3,(H,18,20)(H,19,21)/t12-,16-/m1/s1. The first-order valence-electron chi connectivity index (χ1n) is 7.84. The molecule has 5 heteroatoms. The fraction of sp³-hybridized carbons (Fsp3) is 0.529. The summed E-state index contributed by atoms with van der Waals surface area (Å²) >= 11 is 0. The molecule has 2 N–H and O–H groups in total. The highest BCUT2D eigenvalue weighted by atomic mass is 16.5. The largest absolute Gasteiger partial charge is 0.484 e. The van der Waals surface area contributed by atoms with Crippen molar-refractivity contribution in [3.8, 4) is 5.75 Å². The van der Waals surface area contributed by atoms with Gasteiger partial charge >= 0.3 is 0 Å². The lowest BCUT2D eigenvalue weighted by Gasteiger charge is -2.29. The summed E-state index contributed by atoms with van der Waals surface area (Å²) in [5.41, 5.74) is 0.659. The van der Waals surface area contributed by atoms with Gasteiger partial charge in [-0.05, 0) is 30.9 Å². The molecule has 1 saturated carbocycles. The van der Waals surface area contributed by atoms with Crippen molar-refractivity contribution < 1.29 is 14.3 Å². The molecule has 1 aliphatic rings. The number of amides is 2. The molecule has 2 rings (SSSR count). The number of ether oxygens (including phenoxy) is 1. The van der Waals surface area contributed by atoms with Gasteiger partial charge < -0.3 is 15.4 Å². The summed E-state index contributed by atoms with van der Waals surface area (Å²) in [4.78, 5) is 23.0. The lowest BCUT2D eigenvalue weighted by molar-refractivity contribution is -0.124. The molecule has 22 heavy (non-hydrogen) atoms. The van der Waals surface area contributed by atoms with Gasteiger partial charge in [-0.3, -0.25) is 9.59 Å². The Hall–Kier alpha value is -2.04. The van der Waals surface area contributed by atoms with Crippen molar-refractivity contribution in [2.75, 3.05) is 11.9 Å². The summed E-state index contributed by atoms with van der Waals surface area (Å²) in [5, 5.41) is 5.74. The fourth-order valence-corrected chi connectivity index (χ4v) is 2.79. The highest BCUT2D eigenvalue weighted by Crippen LogP contribution is 2.23. The monoisotopic (exact) mass is 304 g/mol. The van der Waals surface area contributed by atoms with E-state index in [4.69, 9.17) is 4.74 Å². The van der Waals surface area contributed by atoms with E-state index in [-0.39, 0.29) is 24.5 Å². The highest BCUT2D eigenvalue weighted by molar-refractivity contribution is 5.88. The summed E-state index contributed by atoms with van der Waals surface area (Å²) in [6, 6.07) is 7.29. The second-order valence-electron chi connectivity index (χ2n) is 5.93. The molecule has 2 atom stereocenters. The minimum absolute atomic E-state index is 0.00720. The number of rotatable bonds is 5. The van der Waals surface area contributed by atoms with Gasteiger partial charge in [0.2, 0.25) is 5.91 Å². The molecule has 0 spiro atoms. The summed E-state index contributed by atoms with van der Waals surface area (Å²) in [6.45, 7) is 3.63. The lowest BCUT2D eigenvalue weighted by Crippen LogP contribution is -2.43. The Morgan fingerprint density at radius 3 is 2.77 bits per heavy atom. The van der Waals surface area contributed by atoms with Gasteiger partial charge in [-0.2, -0.15) is 0 Å². The molecule has 0 unspecified atom stereocenters. The Balaban J connectivity index is 1.81. The third-order valence-electron chi connectivity index (χ3n) is 3.98. The van der Waals surface area contributed by atoms with Gasteiger partial charge in [0.25, 0.3) is 5.91 Å². The Morgan fingerprint density at radius 1 is 1.27 bits per heavy atom. The molecule has 1 aliphatic carbocycles. The molecule has 0 bridgehead atoms. The van der Waals surface area contributed by atoms with Gasteiger partial charge in [0.05, 0.1) is 0 Å². The zero-order valence-electron chi connectivity index (χ0n) is 13.2. The third kappa shape index (κ3) is 5.06. The van der Waals surface area contributed by atoms with Crippen molar-refractivity contribution in [2.45, 2.75) is 45.6 Å². The van der Waals surface area contributed by atoms with Crippen LogP contribution in [0.25, 0.3) is 0 Å². The van der Waals surface area contributed by atoms with E-state index in [2.05, 4.69) is 17.6 Å². The second-order valence-corrected chi connectivity index (χ2v) is 5.93. The van der Waals surface area contributed by atoms with E-state index >= 15 is 0 Å². The number of benzene rings is 1. The van der Waals surface area contributed by atoms with E-state index in [9.17, 15) is 9.59 Å². The van der Waals surface area contributed by atoms with E-state index in [1.54, 1.807) is 24.3 Å². The van der Waals surface area contributed by atoms with Gasteiger partial charge in [-0.15, -0.1) is 0 Å². The molecule has 5 nitrogen and oxygen atoms in total. The van der Waals surface area contributed by atoms with Gasteiger partial charge in [0.15, 0.2) is 6.61 Å². The highest BCUT2D eigenvalue weighted by Gasteiger charge is 2.22. The Kier molecular flexibility index (Phi) is 5.81. The van der Waals surface area contributed by atoms with Crippen LogP contribution in [0.3, 0.4) is 0 Å². The molecule has 1 aromatic carbocycles. The van der Waals surface area contributed by atoms with Crippen LogP contribution in [-0.4, -0.2) is 24.5 Å². The number of carbonyl (C=O) groups excluding carboxylic acids is 2. The number of hydrogen-bond acceptors (Lipinski definition) is 3. The van der Waals surface area contributed by atoms with Crippen molar-refractivity contribution >= 4 is 17.5 Å². The molecule has 2 amide bonds. The molecular formula is C17H24N2O3. The molecule has 1 aromatic rings. The predicted octanol–water partition coefficient (Wildman–Crippen LogP) is 2.72. The minimum atomic E-state index is -0.138. The van der Waals surface area contributed by atoms with Crippen LogP contribution < -0.4 is 15.4 Å². The number of nitrogens with one attached hydrogen (secondary N) is 2. The van der Waals surface area contributed by atoms with Gasteiger partial charge in [0, 0.05) is 24.7 Å². The zero-order chi connectivity index (χ0) is 15.9. The molecule has 0 saturated heterocycles. The molecule has 0 aliphatic heterocycles. The molecular weight excluding hydrogens is 280 g/mol. The van der Waals surface area contributed by atoms with Crippen LogP contribution in [0.2, 0.25) is 0 Å². The van der Waals surface area contributed by atoms with Crippen LogP contribution in [0.15, 0.2) is 24.3 Å². The second kappa shape index (κ2) is 7.82. The molecule has 120 valence electrons. The average Bonchev–Trinajstić information content (AvgIpc) is 2.47. The van der Waals surface area contributed by atoms with Crippen molar-refractivity contribution in [3.63, 3.8) is 0 Å². The first kappa shape index (κ1) is 16.3. The first-order valence-corrected chi connectivity index (χ1v) is 7.84. The Labute approximate surface area is 131 Å². The fourth-order valence-electron chi connectivity index (χ4n) is 2.79. The Morgan fingerprint density at radius 2 is 2.05 bits per heavy atom. The SMILES string of the molecule is CC(=O)Nc1cccc(OCC(=O)N[C@@H]2CCCC[C@H]2C)c1.